The molecule has 0 aliphatic rings. The molecule has 1 N–H and O–H groups in total. The maximum Gasteiger partial charge on any atom is 0.119 e. The Bertz CT molecular complexity index is 443. The Morgan fingerprint density at radius 1 is 1.00 bits per heavy atom. The van der Waals surface area contributed by atoms with E-state index in [1.165, 1.54) is 11.4 Å². The molecule has 2 aromatic rings. The molecule has 0 fully saturated rings. The van der Waals surface area contributed by atoms with Gasteiger partial charge in [-0.1, -0.05) is 18.2 Å². The van der Waals surface area contributed by atoms with Crippen molar-refractivity contribution in [3.63, 3.8) is 0 Å². The average Bonchev–Trinajstić information content (AvgIpc) is 2.67. The number of aromatic nitrogens is 1. The lowest BCUT2D eigenvalue weighted by molar-refractivity contribution is 0.328. The summed E-state index contributed by atoms with van der Waals surface area (Å²) in [6.45, 7) is 5.60. The minimum absolute atomic E-state index is 0.654. The zero-order chi connectivity index (χ0) is 12.1. The van der Waals surface area contributed by atoms with Gasteiger partial charge >= 0.3 is 0 Å². The van der Waals surface area contributed by atoms with Crippen LogP contribution < -0.4 is 10.2 Å². The Hall–Kier alpha value is -1.90. The van der Waals surface area contributed by atoms with Crippen molar-refractivity contribution in [3.05, 3.63) is 53.9 Å². The third-order valence-electron chi connectivity index (χ3n) is 2.66. The number of aryl methyl sites for hydroxylation is 2. The van der Waals surface area contributed by atoms with Gasteiger partial charge in [0, 0.05) is 11.4 Å². The van der Waals surface area contributed by atoms with Crippen molar-refractivity contribution in [1.29, 1.82) is 0 Å². The molecule has 0 atom stereocenters. The van der Waals surface area contributed by atoms with Crippen LogP contribution in [0.2, 0.25) is 0 Å². The van der Waals surface area contributed by atoms with Crippen LogP contribution >= 0.6 is 0 Å². The van der Waals surface area contributed by atoms with Gasteiger partial charge in [0.2, 0.25) is 0 Å². The van der Waals surface area contributed by atoms with E-state index in [0.29, 0.717) is 6.61 Å². The number of nitrogens with one attached hydrogen (secondary N) is 1. The predicted octanol–water partition coefficient (Wildman–Crippen LogP) is 2.73. The Kier molecular flexibility index (Phi) is 3.70. The molecule has 0 aliphatic carbocycles. The third-order valence-corrected chi connectivity index (χ3v) is 2.66. The molecule has 0 amide bonds. The summed E-state index contributed by atoms with van der Waals surface area (Å²) < 4.78 is 7.69. The minimum Gasteiger partial charge on any atom is -0.492 e. The second kappa shape index (κ2) is 5.43. The quantitative estimate of drug-likeness (QED) is 0.799. The first-order valence-electron chi connectivity index (χ1n) is 5.84. The van der Waals surface area contributed by atoms with Crippen molar-refractivity contribution in [2.45, 2.75) is 13.8 Å². The van der Waals surface area contributed by atoms with E-state index >= 15 is 0 Å². The molecule has 2 rings (SSSR count). The molecule has 1 aromatic heterocycles. The average molecular weight is 230 g/mol. The van der Waals surface area contributed by atoms with E-state index in [-0.39, 0.29) is 0 Å². The van der Waals surface area contributed by atoms with Gasteiger partial charge in [-0.15, -0.1) is 0 Å². The molecule has 0 spiro atoms. The molecule has 0 saturated carbocycles. The van der Waals surface area contributed by atoms with Crippen molar-refractivity contribution in [2.24, 2.45) is 0 Å². The van der Waals surface area contributed by atoms with Crippen LogP contribution in [0.5, 0.6) is 5.75 Å². The summed E-state index contributed by atoms with van der Waals surface area (Å²) >= 11 is 0. The Labute approximate surface area is 102 Å². The molecule has 1 aromatic carbocycles. The zero-order valence-electron chi connectivity index (χ0n) is 10.3. The van der Waals surface area contributed by atoms with Gasteiger partial charge in [-0.2, -0.15) is 0 Å². The Morgan fingerprint density at radius 3 is 2.29 bits per heavy atom. The highest BCUT2D eigenvalue weighted by atomic mass is 16.5. The monoisotopic (exact) mass is 230 g/mol. The molecule has 1 heterocycles. The van der Waals surface area contributed by atoms with Crippen LogP contribution in [0.4, 0.5) is 0 Å². The lowest BCUT2D eigenvalue weighted by Gasteiger charge is -2.13. The summed E-state index contributed by atoms with van der Waals surface area (Å²) in [5.74, 6) is 0.912. The van der Waals surface area contributed by atoms with Crippen LogP contribution in [0.1, 0.15) is 11.4 Å². The third kappa shape index (κ3) is 3.03. The first kappa shape index (κ1) is 11.6. The topological polar surface area (TPSA) is 26.2 Å². The van der Waals surface area contributed by atoms with Gasteiger partial charge in [-0.3, -0.25) is 4.68 Å². The Balaban J connectivity index is 1.77. The zero-order valence-corrected chi connectivity index (χ0v) is 10.3. The van der Waals surface area contributed by atoms with E-state index in [0.717, 1.165) is 12.3 Å². The maximum absolute atomic E-state index is 5.61. The summed E-state index contributed by atoms with van der Waals surface area (Å²) in [6.07, 6.45) is 0. The molecule has 0 bridgehead atoms. The first-order chi connectivity index (χ1) is 8.27. The van der Waals surface area contributed by atoms with E-state index < -0.39 is 0 Å². The number of ether oxygens (including phenoxy) is 1. The summed E-state index contributed by atoms with van der Waals surface area (Å²) in [6, 6.07) is 14.1. The van der Waals surface area contributed by atoms with Gasteiger partial charge in [0.1, 0.15) is 12.4 Å². The standard InChI is InChI=1S/C14H18N2O/c1-12-8-9-13(2)16(12)15-10-11-17-14-6-4-3-5-7-14/h3-9,15H,10-11H2,1-2H3. The number of rotatable bonds is 5. The molecule has 90 valence electrons. The van der Waals surface area contributed by atoms with E-state index in [1.54, 1.807) is 0 Å². The predicted molar refractivity (Wildman–Crippen MR) is 70.1 cm³/mol. The molecule has 0 radical (unpaired) electrons. The molecule has 17 heavy (non-hydrogen) atoms. The van der Waals surface area contributed by atoms with Gasteiger partial charge in [0.05, 0.1) is 6.54 Å². The van der Waals surface area contributed by atoms with E-state index in [1.807, 2.05) is 30.3 Å². The normalized spacial score (nSPS) is 10.2. The van der Waals surface area contributed by atoms with Gasteiger partial charge in [0.15, 0.2) is 0 Å². The lowest BCUT2D eigenvalue weighted by atomic mass is 10.3. The fourth-order valence-electron chi connectivity index (χ4n) is 1.76. The molecule has 3 nitrogen and oxygen atoms in total. The summed E-state index contributed by atoms with van der Waals surface area (Å²) in [5, 5.41) is 0. The van der Waals surface area contributed by atoms with Crippen LogP contribution in [0.15, 0.2) is 42.5 Å². The number of hydrogen-bond acceptors (Lipinski definition) is 2. The fourth-order valence-corrected chi connectivity index (χ4v) is 1.76. The van der Waals surface area contributed by atoms with E-state index in [9.17, 15) is 0 Å². The van der Waals surface area contributed by atoms with Crippen molar-refractivity contribution >= 4 is 0 Å². The number of para-hydroxylation sites is 1. The SMILES string of the molecule is Cc1ccc(C)n1NCCOc1ccccc1. The van der Waals surface area contributed by atoms with Gasteiger partial charge in [-0.05, 0) is 38.1 Å². The largest absolute Gasteiger partial charge is 0.492 e. The smallest absolute Gasteiger partial charge is 0.119 e. The second-order valence-corrected chi connectivity index (χ2v) is 4.02. The number of benzene rings is 1. The van der Waals surface area contributed by atoms with Crippen molar-refractivity contribution in [2.75, 3.05) is 18.6 Å². The molecular formula is C14H18N2O. The highest BCUT2D eigenvalue weighted by Gasteiger charge is 1.99. The second-order valence-electron chi connectivity index (χ2n) is 4.02. The molecule has 0 unspecified atom stereocenters. The van der Waals surface area contributed by atoms with Gasteiger partial charge in [0.25, 0.3) is 0 Å². The van der Waals surface area contributed by atoms with Crippen LogP contribution in [-0.2, 0) is 0 Å². The molecular weight excluding hydrogens is 212 g/mol. The van der Waals surface area contributed by atoms with Crippen LogP contribution in [0.3, 0.4) is 0 Å². The Morgan fingerprint density at radius 2 is 1.65 bits per heavy atom. The number of nitrogens with zero attached hydrogens (tertiary/aromatic N) is 1. The molecule has 3 heteroatoms. The van der Waals surface area contributed by atoms with E-state index in [2.05, 4.69) is 36.1 Å². The van der Waals surface area contributed by atoms with Crippen molar-refractivity contribution < 1.29 is 4.74 Å². The highest BCUT2D eigenvalue weighted by molar-refractivity contribution is 5.21. The molecule has 0 aliphatic heterocycles. The summed E-state index contributed by atoms with van der Waals surface area (Å²) in [7, 11) is 0. The van der Waals surface area contributed by atoms with Crippen LogP contribution in [-0.4, -0.2) is 17.8 Å². The van der Waals surface area contributed by atoms with Gasteiger partial charge in [-0.25, -0.2) is 0 Å². The number of hydrogen-bond donors (Lipinski definition) is 1. The lowest BCUT2D eigenvalue weighted by Crippen LogP contribution is -2.22. The minimum atomic E-state index is 0.654. The molecule has 0 saturated heterocycles. The van der Waals surface area contributed by atoms with Crippen molar-refractivity contribution in [3.8, 4) is 5.75 Å². The summed E-state index contributed by atoms with van der Waals surface area (Å²) in [4.78, 5) is 0. The maximum atomic E-state index is 5.61. The van der Waals surface area contributed by atoms with Crippen molar-refractivity contribution in [1.82, 2.24) is 4.68 Å². The van der Waals surface area contributed by atoms with Crippen LogP contribution in [0, 0.1) is 13.8 Å². The van der Waals surface area contributed by atoms with Gasteiger partial charge < -0.3 is 10.2 Å². The first-order valence-corrected chi connectivity index (χ1v) is 5.84. The highest BCUT2D eigenvalue weighted by Crippen LogP contribution is 2.08. The van der Waals surface area contributed by atoms with E-state index in [4.69, 9.17) is 4.74 Å². The summed E-state index contributed by atoms with van der Waals surface area (Å²) in [5.41, 5.74) is 5.74. The fraction of sp³-hybridized carbons (Fsp3) is 0.286. The van der Waals surface area contributed by atoms with Crippen LogP contribution in [0.25, 0.3) is 0 Å².